The molecule has 0 fully saturated rings. The number of thioether (sulfide) groups is 1. The van der Waals surface area contributed by atoms with Crippen molar-refractivity contribution in [1.82, 2.24) is 0 Å². The van der Waals surface area contributed by atoms with Gasteiger partial charge >= 0.3 is 0 Å². The van der Waals surface area contributed by atoms with Gasteiger partial charge in [0.25, 0.3) is 5.69 Å². The Labute approximate surface area is 115 Å². The number of rotatable bonds is 9. The van der Waals surface area contributed by atoms with Crippen molar-refractivity contribution in [2.45, 2.75) is 6.42 Å². The first-order valence-corrected chi connectivity index (χ1v) is 7.01. The molecule has 1 aromatic carbocycles. The Morgan fingerprint density at radius 1 is 1.32 bits per heavy atom. The topological polar surface area (TPSA) is 113 Å². The van der Waals surface area contributed by atoms with Crippen LogP contribution in [-0.2, 0) is 0 Å². The third-order valence-corrected chi connectivity index (χ3v) is 3.39. The maximum absolute atomic E-state index is 10.8. The monoisotopic (exact) mass is 286 g/mol. The summed E-state index contributed by atoms with van der Waals surface area (Å²) in [5.41, 5.74) is 3.54. The second-order valence-corrected chi connectivity index (χ2v) is 5.01. The molecular weight excluding hydrogens is 268 g/mol. The third-order valence-electron chi connectivity index (χ3n) is 2.32. The van der Waals surface area contributed by atoms with Crippen LogP contribution < -0.4 is 16.6 Å². The molecule has 0 saturated heterocycles. The van der Waals surface area contributed by atoms with Crippen LogP contribution in [0.1, 0.15) is 6.42 Å². The van der Waals surface area contributed by atoms with Crippen molar-refractivity contribution < 1.29 is 10.0 Å². The van der Waals surface area contributed by atoms with E-state index in [1.807, 2.05) is 0 Å². The van der Waals surface area contributed by atoms with Gasteiger partial charge in [-0.2, -0.15) is 11.8 Å². The number of hydrogen-bond donors (Lipinski definition) is 4. The van der Waals surface area contributed by atoms with Gasteiger partial charge < -0.3 is 15.8 Å². The maximum atomic E-state index is 10.8. The van der Waals surface area contributed by atoms with Gasteiger partial charge in [0.1, 0.15) is 0 Å². The molecule has 0 aromatic heterocycles. The summed E-state index contributed by atoms with van der Waals surface area (Å²) in [6.45, 7) is 0.901. The maximum Gasteiger partial charge on any atom is 0.273 e. The minimum absolute atomic E-state index is 0.00844. The van der Waals surface area contributed by atoms with Gasteiger partial charge in [0.05, 0.1) is 10.6 Å². The number of nitro benzene ring substituents is 1. The van der Waals surface area contributed by atoms with E-state index in [-0.39, 0.29) is 12.3 Å². The van der Waals surface area contributed by atoms with Crippen LogP contribution in [0.15, 0.2) is 18.2 Å². The highest BCUT2D eigenvalue weighted by Crippen LogP contribution is 2.23. The number of nitrogens with two attached hydrogens (primary N) is 1. The number of hydrazine groups is 1. The van der Waals surface area contributed by atoms with Crippen LogP contribution in [0.4, 0.5) is 17.1 Å². The fourth-order valence-electron chi connectivity index (χ4n) is 1.44. The summed E-state index contributed by atoms with van der Waals surface area (Å²) in [5.74, 6) is 7.04. The smallest absolute Gasteiger partial charge is 0.273 e. The van der Waals surface area contributed by atoms with E-state index in [9.17, 15) is 10.1 Å². The number of nitrogen functional groups attached to an aromatic ring is 1. The number of hydrogen-bond acceptors (Lipinski definition) is 7. The van der Waals surface area contributed by atoms with E-state index in [4.69, 9.17) is 10.9 Å². The van der Waals surface area contributed by atoms with Gasteiger partial charge in [-0.15, -0.1) is 0 Å². The van der Waals surface area contributed by atoms with Crippen LogP contribution in [0.3, 0.4) is 0 Å². The molecule has 5 N–H and O–H groups in total. The van der Waals surface area contributed by atoms with Crippen molar-refractivity contribution in [2.75, 3.05) is 35.4 Å². The molecular formula is C11H18N4O3S. The summed E-state index contributed by atoms with van der Waals surface area (Å²) < 4.78 is 0. The standard InChI is InChI=1S/C11H18N4O3S/c12-14-10-6-9(7-11(8-10)15(17)18)13-2-5-19-4-1-3-16/h6-8,13-14,16H,1-5,12H2. The van der Waals surface area contributed by atoms with Crippen molar-refractivity contribution in [3.8, 4) is 0 Å². The molecule has 0 atom stereocenters. The SMILES string of the molecule is NNc1cc(NCCSCCCO)cc([N+](=O)[O-])c1. The molecule has 1 aromatic rings. The van der Waals surface area contributed by atoms with E-state index in [1.165, 1.54) is 12.1 Å². The predicted molar refractivity (Wildman–Crippen MR) is 78.4 cm³/mol. The first-order chi connectivity index (χ1) is 9.17. The molecule has 106 valence electrons. The highest BCUT2D eigenvalue weighted by atomic mass is 32.2. The molecule has 7 nitrogen and oxygen atoms in total. The molecule has 0 aliphatic heterocycles. The zero-order chi connectivity index (χ0) is 14.1. The zero-order valence-electron chi connectivity index (χ0n) is 10.5. The molecule has 0 aliphatic carbocycles. The average molecular weight is 286 g/mol. The lowest BCUT2D eigenvalue weighted by Crippen LogP contribution is -2.09. The molecule has 0 spiro atoms. The number of nitrogens with one attached hydrogen (secondary N) is 2. The molecule has 0 bridgehead atoms. The molecule has 19 heavy (non-hydrogen) atoms. The third kappa shape index (κ3) is 5.77. The lowest BCUT2D eigenvalue weighted by atomic mass is 10.2. The average Bonchev–Trinajstić information content (AvgIpc) is 2.42. The molecule has 0 unspecified atom stereocenters. The zero-order valence-corrected chi connectivity index (χ0v) is 11.3. The van der Waals surface area contributed by atoms with Crippen LogP contribution in [0.25, 0.3) is 0 Å². The molecule has 0 aliphatic rings. The number of anilines is 2. The van der Waals surface area contributed by atoms with Gasteiger partial charge in [0.15, 0.2) is 0 Å². The Balaban J connectivity index is 2.48. The van der Waals surface area contributed by atoms with Crippen molar-refractivity contribution in [3.05, 3.63) is 28.3 Å². The number of benzene rings is 1. The second-order valence-electron chi connectivity index (χ2n) is 3.79. The minimum atomic E-state index is -0.456. The van der Waals surface area contributed by atoms with Gasteiger partial charge in [0.2, 0.25) is 0 Å². The second kappa shape index (κ2) is 8.57. The molecule has 0 amide bonds. The predicted octanol–water partition coefficient (Wildman–Crippen LogP) is 1.41. The summed E-state index contributed by atoms with van der Waals surface area (Å²) in [4.78, 5) is 10.3. The first kappa shape index (κ1) is 15.5. The van der Waals surface area contributed by atoms with E-state index < -0.39 is 4.92 Å². The number of nitro groups is 1. The number of non-ortho nitro benzene ring substituents is 1. The summed E-state index contributed by atoms with van der Waals surface area (Å²) in [6, 6.07) is 4.56. The normalized spacial score (nSPS) is 10.2. The molecule has 0 heterocycles. The Kier molecular flexibility index (Phi) is 7.01. The Hall–Kier alpha value is -1.51. The number of aliphatic hydroxyl groups excluding tert-OH is 1. The molecule has 0 saturated carbocycles. The Bertz CT molecular complexity index is 417. The van der Waals surface area contributed by atoms with Gasteiger partial charge in [-0.05, 0) is 18.2 Å². The van der Waals surface area contributed by atoms with Crippen LogP contribution in [-0.4, -0.2) is 34.7 Å². The lowest BCUT2D eigenvalue weighted by Gasteiger charge is -2.08. The lowest BCUT2D eigenvalue weighted by molar-refractivity contribution is -0.384. The van der Waals surface area contributed by atoms with Gasteiger partial charge in [-0.25, -0.2) is 0 Å². The van der Waals surface area contributed by atoms with Crippen LogP contribution in [0.2, 0.25) is 0 Å². The Morgan fingerprint density at radius 2 is 2.05 bits per heavy atom. The van der Waals surface area contributed by atoms with E-state index in [2.05, 4.69) is 10.7 Å². The van der Waals surface area contributed by atoms with Crippen LogP contribution >= 0.6 is 11.8 Å². The van der Waals surface area contributed by atoms with Crippen molar-refractivity contribution >= 4 is 28.8 Å². The highest BCUT2D eigenvalue weighted by molar-refractivity contribution is 7.99. The van der Waals surface area contributed by atoms with Gasteiger partial charge in [-0.1, -0.05) is 0 Å². The fraction of sp³-hybridized carbons (Fsp3) is 0.455. The largest absolute Gasteiger partial charge is 0.396 e. The Morgan fingerprint density at radius 3 is 2.68 bits per heavy atom. The molecule has 0 radical (unpaired) electrons. The highest BCUT2D eigenvalue weighted by Gasteiger charge is 2.08. The quantitative estimate of drug-likeness (QED) is 0.235. The molecule has 8 heteroatoms. The summed E-state index contributed by atoms with van der Waals surface area (Å²) in [6.07, 6.45) is 0.780. The van der Waals surface area contributed by atoms with Crippen molar-refractivity contribution in [2.24, 2.45) is 5.84 Å². The molecule has 1 rings (SSSR count). The fourth-order valence-corrected chi connectivity index (χ4v) is 2.22. The van der Waals surface area contributed by atoms with Crippen molar-refractivity contribution in [3.63, 3.8) is 0 Å². The summed E-state index contributed by atoms with van der Waals surface area (Å²) in [7, 11) is 0. The van der Waals surface area contributed by atoms with Gasteiger partial charge in [0, 0.05) is 36.7 Å². The van der Waals surface area contributed by atoms with Crippen molar-refractivity contribution in [1.29, 1.82) is 0 Å². The number of nitrogens with zero attached hydrogens (tertiary/aromatic N) is 1. The van der Waals surface area contributed by atoms with E-state index in [0.717, 1.165) is 17.9 Å². The van der Waals surface area contributed by atoms with E-state index in [1.54, 1.807) is 17.8 Å². The minimum Gasteiger partial charge on any atom is -0.396 e. The first-order valence-electron chi connectivity index (χ1n) is 5.86. The van der Waals surface area contributed by atoms with Crippen LogP contribution in [0.5, 0.6) is 0 Å². The number of aliphatic hydroxyl groups is 1. The van der Waals surface area contributed by atoms with E-state index in [0.29, 0.717) is 17.9 Å². The van der Waals surface area contributed by atoms with Gasteiger partial charge in [-0.3, -0.25) is 16.0 Å². The summed E-state index contributed by atoms with van der Waals surface area (Å²) >= 11 is 1.72. The van der Waals surface area contributed by atoms with Crippen LogP contribution in [0, 0.1) is 10.1 Å². The van der Waals surface area contributed by atoms with E-state index >= 15 is 0 Å². The summed E-state index contributed by atoms with van der Waals surface area (Å²) in [5, 5.41) is 22.5.